The van der Waals surface area contributed by atoms with Crippen molar-refractivity contribution in [2.24, 2.45) is 5.92 Å². The van der Waals surface area contributed by atoms with Crippen LogP contribution in [0.5, 0.6) is 0 Å². The fourth-order valence-electron chi connectivity index (χ4n) is 1.34. The molecule has 3 N–H and O–H groups in total. The number of nitrogens with two attached hydrogens (primary N) is 1. The molecule has 0 saturated heterocycles. The van der Waals surface area contributed by atoms with Gasteiger partial charge in [0.25, 0.3) is 0 Å². The lowest BCUT2D eigenvalue weighted by atomic mass is 10.1. The Morgan fingerprint density at radius 1 is 1.44 bits per heavy atom. The van der Waals surface area contributed by atoms with Crippen LogP contribution in [-0.2, 0) is 4.74 Å². The molecule has 0 amide bonds. The van der Waals surface area contributed by atoms with Crippen LogP contribution in [0.25, 0.3) is 0 Å². The summed E-state index contributed by atoms with van der Waals surface area (Å²) in [5.41, 5.74) is 6.50. The zero-order valence-electron chi connectivity index (χ0n) is 11.4. The summed E-state index contributed by atoms with van der Waals surface area (Å²) < 4.78 is 4.74. The van der Waals surface area contributed by atoms with Gasteiger partial charge < -0.3 is 15.8 Å². The van der Waals surface area contributed by atoms with Crippen molar-refractivity contribution in [3.63, 3.8) is 0 Å². The van der Waals surface area contributed by atoms with E-state index in [1.807, 2.05) is 6.26 Å². The van der Waals surface area contributed by atoms with Crippen LogP contribution in [0.3, 0.4) is 0 Å². The Balaban J connectivity index is 3.08. The van der Waals surface area contributed by atoms with Crippen molar-refractivity contribution >= 4 is 39.8 Å². The molecule has 0 radical (unpaired) electrons. The summed E-state index contributed by atoms with van der Waals surface area (Å²) in [6.45, 7) is 6.41. The third kappa shape index (κ3) is 3.11. The lowest BCUT2D eigenvalue weighted by Gasteiger charge is -2.18. The number of esters is 1. The first-order valence-electron chi connectivity index (χ1n) is 5.73. The van der Waals surface area contributed by atoms with E-state index in [0.29, 0.717) is 22.5 Å². The first-order valence-corrected chi connectivity index (χ1v) is 7.77. The van der Waals surface area contributed by atoms with Crippen molar-refractivity contribution in [1.82, 2.24) is 0 Å². The Morgan fingerprint density at radius 3 is 2.50 bits per heavy atom. The van der Waals surface area contributed by atoms with Crippen molar-refractivity contribution in [1.29, 1.82) is 0 Å². The molecule has 1 unspecified atom stereocenters. The SMILES string of the molecule is COC(=O)c1sc(NC(C)C(C)C)c(SC)c1N. The highest BCUT2D eigenvalue weighted by molar-refractivity contribution is 7.99. The number of nitrogen functional groups attached to an aromatic ring is 1. The average molecular weight is 288 g/mol. The fraction of sp³-hybridized carbons (Fsp3) is 0.583. The predicted octanol–water partition coefficient (Wildman–Crippen LogP) is 3.30. The molecule has 4 nitrogen and oxygen atoms in total. The van der Waals surface area contributed by atoms with Gasteiger partial charge in [-0.2, -0.15) is 0 Å². The zero-order chi connectivity index (χ0) is 13.9. The van der Waals surface area contributed by atoms with Crippen LogP contribution in [0.2, 0.25) is 0 Å². The van der Waals surface area contributed by atoms with Crippen molar-refractivity contribution in [3.8, 4) is 0 Å². The topological polar surface area (TPSA) is 64.3 Å². The number of nitrogens with one attached hydrogen (secondary N) is 1. The normalized spacial score (nSPS) is 12.6. The molecular weight excluding hydrogens is 268 g/mol. The standard InChI is InChI=1S/C12H20N2O2S2/c1-6(2)7(3)14-11-9(17-5)8(13)10(18-11)12(15)16-4/h6-7,14H,13H2,1-5H3. The van der Waals surface area contributed by atoms with Gasteiger partial charge in [0, 0.05) is 6.04 Å². The van der Waals surface area contributed by atoms with E-state index in [2.05, 4.69) is 26.1 Å². The van der Waals surface area contributed by atoms with E-state index in [1.54, 1.807) is 0 Å². The number of carbonyl (C=O) groups excluding carboxylic acids is 1. The lowest BCUT2D eigenvalue weighted by molar-refractivity contribution is 0.0607. The molecule has 102 valence electrons. The summed E-state index contributed by atoms with van der Waals surface area (Å²) in [4.78, 5) is 13.0. The van der Waals surface area contributed by atoms with Gasteiger partial charge in [-0.25, -0.2) is 4.79 Å². The minimum absolute atomic E-state index is 0.319. The monoisotopic (exact) mass is 288 g/mol. The van der Waals surface area contributed by atoms with Gasteiger partial charge in [-0.05, 0) is 19.1 Å². The van der Waals surface area contributed by atoms with Crippen LogP contribution < -0.4 is 11.1 Å². The highest BCUT2D eigenvalue weighted by atomic mass is 32.2. The molecule has 1 heterocycles. The molecular formula is C12H20N2O2S2. The molecule has 1 aromatic heterocycles. The molecule has 0 fully saturated rings. The van der Waals surface area contributed by atoms with E-state index in [4.69, 9.17) is 10.5 Å². The smallest absolute Gasteiger partial charge is 0.350 e. The van der Waals surface area contributed by atoms with Gasteiger partial charge in [-0.3, -0.25) is 0 Å². The second-order valence-corrected chi connectivity index (χ2v) is 6.21. The fourth-order valence-corrected chi connectivity index (χ4v) is 3.38. The van der Waals surface area contributed by atoms with E-state index in [1.165, 1.54) is 30.2 Å². The number of hydrogen-bond acceptors (Lipinski definition) is 6. The van der Waals surface area contributed by atoms with Gasteiger partial charge in [0.05, 0.1) is 17.7 Å². The Kier molecular flexibility index (Phi) is 5.34. The summed E-state index contributed by atoms with van der Waals surface area (Å²) in [5.74, 6) is 0.127. The quantitative estimate of drug-likeness (QED) is 0.643. The summed E-state index contributed by atoms with van der Waals surface area (Å²) in [6.07, 6.45) is 1.95. The van der Waals surface area contributed by atoms with Crippen molar-refractivity contribution in [2.45, 2.75) is 31.7 Å². The Labute approximate surface area is 116 Å². The van der Waals surface area contributed by atoms with E-state index in [-0.39, 0.29) is 5.97 Å². The highest BCUT2D eigenvalue weighted by Crippen LogP contribution is 2.42. The predicted molar refractivity (Wildman–Crippen MR) is 79.8 cm³/mol. The highest BCUT2D eigenvalue weighted by Gasteiger charge is 2.22. The number of methoxy groups -OCH3 is 1. The van der Waals surface area contributed by atoms with Crippen LogP contribution in [0.4, 0.5) is 10.7 Å². The maximum Gasteiger partial charge on any atom is 0.350 e. The maximum absolute atomic E-state index is 11.6. The Morgan fingerprint density at radius 2 is 2.06 bits per heavy atom. The summed E-state index contributed by atoms with van der Waals surface area (Å²) in [5, 5.41) is 4.36. The van der Waals surface area contributed by atoms with Crippen LogP contribution in [0.15, 0.2) is 4.90 Å². The molecule has 0 spiro atoms. The molecule has 0 aromatic carbocycles. The number of rotatable bonds is 5. The lowest BCUT2D eigenvalue weighted by Crippen LogP contribution is -2.21. The van der Waals surface area contributed by atoms with E-state index in [9.17, 15) is 4.79 Å². The van der Waals surface area contributed by atoms with Crippen LogP contribution in [0.1, 0.15) is 30.4 Å². The number of hydrogen-bond donors (Lipinski definition) is 2. The largest absolute Gasteiger partial charge is 0.465 e. The van der Waals surface area contributed by atoms with Crippen molar-refractivity contribution in [3.05, 3.63) is 4.88 Å². The van der Waals surface area contributed by atoms with Gasteiger partial charge in [0.1, 0.15) is 9.88 Å². The summed E-state index contributed by atoms with van der Waals surface area (Å²) in [6, 6.07) is 0.319. The number of thiophene rings is 1. The zero-order valence-corrected chi connectivity index (χ0v) is 13.0. The third-order valence-corrected chi connectivity index (χ3v) is 4.91. The first kappa shape index (κ1) is 15.2. The molecule has 1 atom stereocenters. The Bertz CT molecular complexity index is 430. The number of anilines is 2. The van der Waals surface area contributed by atoms with E-state index in [0.717, 1.165) is 9.90 Å². The number of carbonyl (C=O) groups is 1. The molecule has 0 saturated carbocycles. The Hall–Kier alpha value is -0.880. The van der Waals surface area contributed by atoms with Crippen LogP contribution in [-0.4, -0.2) is 25.4 Å². The minimum atomic E-state index is -0.377. The van der Waals surface area contributed by atoms with Crippen molar-refractivity contribution in [2.75, 3.05) is 24.4 Å². The molecule has 18 heavy (non-hydrogen) atoms. The number of thioether (sulfide) groups is 1. The van der Waals surface area contributed by atoms with Crippen LogP contribution >= 0.6 is 23.1 Å². The molecule has 0 bridgehead atoms. The molecule has 1 aromatic rings. The molecule has 0 aliphatic rings. The maximum atomic E-state index is 11.6. The van der Waals surface area contributed by atoms with Crippen molar-refractivity contribution < 1.29 is 9.53 Å². The average Bonchev–Trinajstić information content (AvgIpc) is 2.64. The third-order valence-electron chi connectivity index (χ3n) is 2.83. The number of ether oxygens (including phenoxy) is 1. The first-order chi connectivity index (χ1) is 8.42. The van der Waals surface area contributed by atoms with E-state index < -0.39 is 0 Å². The molecule has 1 rings (SSSR count). The van der Waals surface area contributed by atoms with Gasteiger partial charge in [0.15, 0.2) is 0 Å². The molecule has 6 heteroatoms. The van der Waals surface area contributed by atoms with Gasteiger partial charge in [0.2, 0.25) is 0 Å². The minimum Gasteiger partial charge on any atom is -0.465 e. The van der Waals surface area contributed by atoms with Gasteiger partial charge >= 0.3 is 5.97 Å². The van der Waals surface area contributed by atoms with Gasteiger partial charge in [-0.1, -0.05) is 13.8 Å². The van der Waals surface area contributed by atoms with Gasteiger partial charge in [-0.15, -0.1) is 23.1 Å². The second-order valence-electron chi connectivity index (χ2n) is 4.38. The molecule has 0 aliphatic heterocycles. The molecule has 0 aliphatic carbocycles. The van der Waals surface area contributed by atoms with Crippen LogP contribution in [0, 0.1) is 5.92 Å². The second kappa shape index (κ2) is 6.33. The summed E-state index contributed by atoms with van der Waals surface area (Å²) in [7, 11) is 1.37. The summed E-state index contributed by atoms with van der Waals surface area (Å²) >= 11 is 2.90. The van der Waals surface area contributed by atoms with E-state index >= 15 is 0 Å².